The topological polar surface area (TPSA) is 55.1 Å². The number of rotatable bonds is 3. The Hall–Kier alpha value is -2.31. The molecular formula is C13H11F3N2O2. The molecule has 1 aromatic heterocycles. The summed E-state index contributed by atoms with van der Waals surface area (Å²) in [4.78, 5) is 15.2. The van der Waals surface area contributed by atoms with Crippen molar-refractivity contribution in [2.45, 2.75) is 19.5 Å². The molecule has 0 unspecified atom stereocenters. The SMILES string of the molecule is Cc1cnc(-c2cccc(NC(=O)CC(F)(F)F)c2)o1. The Balaban J connectivity index is 2.12. The standard InChI is InChI=1S/C13H11F3N2O2/c1-8-7-17-12(20-8)9-3-2-4-10(5-9)18-11(19)6-13(14,15)16/h2-5,7H,6H2,1H3,(H,18,19). The van der Waals surface area contributed by atoms with Crippen molar-refractivity contribution in [2.75, 3.05) is 5.32 Å². The van der Waals surface area contributed by atoms with Gasteiger partial charge in [-0.15, -0.1) is 0 Å². The first-order chi connectivity index (χ1) is 9.33. The van der Waals surface area contributed by atoms with Crippen LogP contribution < -0.4 is 5.32 Å². The molecule has 0 radical (unpaired) electrons. The molecule has 1 amide bonds. The molecule has 0 aliphatic rings. The van der Waals surface area contributed by atoms with Crippen LogP contribution in [0.1, 0.15) is 12.2 Å². The highest BCUT2D eigenvalue weighted by atomic mass is 19.4. The zero-order chi connectivity index (χ0) is 14.8. The number of aryl methyl sites for hydroxylation is 1. The van der Waals surface area contributed by atoms with Gasteiger partial charge in [0.15, 0.2) is 0 Å². The lowest BCUT2D eigenvalue weighted by molar-refractivity contribution is -0.150. The highest BCUT2D eigenvalue weighted by Crippen LogP contribution is 2.24. The lowest BCUT2D eigenvalue weighted by Crippen LogP contribution is -2.21. The van der Waals surface area contributed by atoms with Crippen molar-refractivity contribution in [1.82, 2.24) is 4.98 Å². The number of halogens is 3. The van der Waals surface area contributed by atoms with Crippen molar-refractivity contribution in [3.8, 4) is 11.5 Å². The van der Waals surface area contributed by atoms with Crippen LogP contribution >= 0.6 is 0 Å². The Morgan fingerprint density at radius 2 is 2.15 bits per heavy atom. The minimum absolute atomic E-state index is 0.257. The van der Waals surface area contributed by atoms with Crippen molar-refractivity contribution in [3.05, 3.63) is 36.2 Å². The second-order valence-electron chi connectivity index (χ2n) is 4.20. The first-order valence-electron chi connectivity index (χ1n) is 5.73. The predicted octanol–water partition coefficient (Wildman–Crippen LogP) is 3.54. The van der Waals surface area contributed by atoms with Crippen LogP contribution in [0.25, 0.3) is 11.5 Å². The third-order valence-electron chi connectivity index (χ3n) is 2.38. The Morgan fingerprint density at radius 1 is 1.40 bits per heavy atom. The molecule has 1 aromatic carbocycles. The van der Waals surface area contributed by atoms with E-state index in [9.17, 15) is 18.0 Å². The molecular weight excluding hydrogens is 273 g/mol. The van der Waals surface area contributed by atoms with Gasteiger partial charge < -0.3 is 9.73 Å². The largest absolute Gasteiger partial charge is 0.441 e. The minimum atomic E-state index is -4.53. The van der Waals surface area contributed by atoms with Gasteiger partial charge in [0.2, 0.25) is 11.8 Å². The predicted molar refractivity (Wildman–Crippen MR) is 66.0 cm³/mol. The molecule has 7 heteroatoms. The molecule has 2 rings (SSSR count). The highest BCUT2D eigenvalue weighted by Gasteiger charge is 2.31. The number of alkyl halides is 3. The first kappa shape index (κ1) is 14.1. The lowest BCUT2D eigenvalue weighted by atomic mass is 10.2. The third kappa shape index (κ3) is 3.84. The number of hydrogen-bond acceptors (Lipinski definition) is 3. The Labute approximate surface area is 112 Å². The number of hydrogen-bond donors (Lipinski definition) is 1. The van der Waals surface area contributed by atoms with Gasteiger partial charge in [0.1, 0.15) is 12.2 Å². The van der Waals surface area contributed by atoms with E-state index in [2.05, 4.69) is 10.3 Å². The van der Waals surface area contributed by atoms with E-state index in [0.717, 1.165) is 0 Å². The minimum Gasteiger partial charge on any atom is -0.441 e. The molecule has 4 nitrogen and oxygen atoms in total. The van der Waals surface area contributed by atoms with Gasteiger partial charge in [-0.05, 0) is 25.1 Å². The van der Waals surface area contributed by atoms with Crippen LogP contribution in [0.2, 0.25) is 0 Å². The van der Waals surface area contributed by atoms with Crippen molar-refractivity contribution < 1.29 is 22.4 Å². The summed E-state index contributed by atoms with van der Waals surface area (Å²) in [6, 6.07) is 6.27. The van der Waals surface area contributed by atoms with Crippen LogP contribution in [0, 0.1) is 6.92 Å². The van der Waals surface area contributed by atoms with Crippen molar-refractivity contribution in [3.63, 3.8) is 0 Å². The maximum Gasteiger partial charge on any atom is 0.397 e. The lowest BCUT2D eigenvalue weighted by Gasteiger charge is -2.08. The van der Waals surface area contributed by atoms with E-state index in [0.29, 0.717) is 17.2 Å². The maximum atomic E-state index is 12.1. The molecule has 0 saturated carbocycles. The summed E-state index contributed by atoms with van der Waals surface area (Å²) in [7, 11) is 0. The second kappa shape index (κ2) is 5.36. The average Bonchev–Trinajstić information content (AvgIpc) is 2.73. The first-order valence-corrected chi connectivity index (χ1v) is 5.73. The van der Waals surface area contributed by atoms with Crippen molar-refractivity contribution >= 4 is 11.6 Å². The molecule has 1 N–H and O–H groups in total. The maximum absolute atomic E-state index is 12.1. The number of nitrogens with one attached hydrogen (secondary N) is 1. The molecule has 0 spiro atoms. The summed E-state index contributed by atoms with van der Waals surface area (Å²) in [6.07, 6.45) is -4.51. The van der Waals surface area contributed by atoms with Gasteiger partial charge in [-0.25, -0.2) is 4.98 Å². The summed E-state index contributed by atoms with van der Waals surface area (Å²) in [5.41, 5.74) is 0.829. The Morgan fingerprint density at radius 3 is 2.75 bits per heavy atom. The smallest absolute Gasteiger partial charge is 0.397 e. The summed E-state index contributed by atoms with van der Waals surface area (Å²) < 4.78 is 41.5. The number of anilines is 1. The van der Waals surface area contributed by atoms with Crippen LogP contribution in [0.4, 0.5) is 18.9 Å². The number of amides is 1. The monoisotopic (exact) mass is 284 g/mol. The average molecular weight is 284 g/mol. The summed E-state index contributed by atoms with van der Waals surface area (Å²) in [5.74, 6) is -0.154. The summed E-state index contributed by atoms with van der Waals surface area (Å²) in [6.45, 7) is 1.73. The molecule has 106 valence electrons. The van der Waals surface area contributed by atoms with E-state index >= 15 is 0 Å². The van der Waals surface area contributed by atoms with E-state index in [1.165, 1.54) is 18.3 Å². The molecule has 0 atom stereocenters. The van der Waals surface area contributed by atoms with E-state index in [-0.39, 0.29) is 5.69 Å². The Bertz CT molecular complexity index is 620. The molecule has 0 bridgehead atoms. The van der Waals surface area contributed by atoms with Gasteiger partial charge in [-0.3, -0.25) is 4.79 Å². The van der Waals surface area contributed by atoms with E-state index < -0.39 is 18.5 Å². The Kier molecular flexibility index (Phi) is 3.78. The summed E-state index contributed by atoms with van der Waals surface area (Å²) >= 11 is 0. The van der Waals surface area contributed by atoms with Crippen LogP contribution in [-0.4, -0.2) is 17.1 Å². The van der Waals surface area contributed by atoms with Gasteiger partial charge in [0.05, 0.1) is 6.20 Å². The molecule has 0 saturated heterocycles. The number of carbonyl (C=O) groups is 1. The number of nitrogens with zero attached hydrogens (tertiary/aromatic N) is 1. The van der Waals surface area contributed by atoms with Crippen LogP contribution in [0.15, 0.2) is 34.9 Å². The van der Waals surface area contributed by atoms with E-state index in [4.69, 9.17) is 4.42 Å². The molecule has 20 heavy (non-hydrogen) atoms. The number of carbonyl (C=O) groups excluding carboxylic acids is 1. The van der Waals surface area contributed by atoms with Gasteiger partial charge in [0, 0.05) is 11.3 Å². The fourth-order valence-electron chi connectivity index (χ4n) is 1.61. The van der Waals surface area contributed by atoms with Crippen LogP contribution in [0.3, 0.4) is 0 Å². The van der Waals surface area contributed by atoms with Gasteiger partial charge in [0.25, 0.3) is 0 Å². The quantitative estimate of drug-likeness (QED) is 0.937. The van der Waals surface area contributed by atoms with E-state index in [1.54, 1.807) is 19.1 Å². The number of benzene rings is 1. The molecule has 0 aliphatic heterocycles. The van der Waals surface area contributed by atoms with Gasteiger partial charge >= 0.3 is 6.18 Å². The van der Waals surface area contributed by atoms with E-state index in [1.807, 2.05) is 0 Å². The normalized spacial score (nSPS) is 11.4. The van der Waals surface area contributed by atoms with Crippen LogP contribution in [0.5, 0.6) is 0 Å². The fourth-order valence-corrected chi connectivity index (χ4v) is 1.61. The zero-order valence-corrected chi connectivity index (χ0v) is 10.5. The van der Waals surface area contributed by atoms with Gasteiger partial charge in [-0.2, -0.15) is 13.2 Å². The van der Waals surface area contributed by atoms with Gasteiger partial charge in [-0.1, -0.05) is 6.07 Å². The van der Waals surface area contributed by atoms with Crippen molar-refractivity contribution in [2.24, 2.45) is 0 Å². The van der Waals surface area contributed by atoms with Crippen LogP contribution in [-0.2, 0) is 4.79 Å². The fraction of sp³-hybridized carbons (Fsp3) is 0.231. The third-order valence-corrected chi connectivity index (χ3v) is 2.38. The number of oxazole rings is 1. The number of aromatic nitrogens is 1. The van der Waals surface area contributed by atoms with Crippen molar-refractivity contribution in [1.29, 1.82) is 0 Å². The molecule has 0 aliphatic carbocycles. The zero-order valence-electron chi connectivity index (χ0n) is 10.5. The summed E-state index contributed by atoms with van der Waals surface area (Å²) in [5, 5.41) is 2.19. The molecule has 1 heterocycles. The highest BCUT2D eigenvalue weighted by molar-refractivity contribution is 5.91. The second-order valence-corrected chi connectivity index (χ2v) is 4.20. The molecule has 2 aromatic rings. The molecule has 0 fully saturated rings.